The van der Waals surface area contributed by atoms with Gasteiger partial charge in [-0.25, -0.2) is 0 Å². The van der Waals surface area contributed by atoms with Crippen LogP contribution in [0, 0.1) is 11.8 Å². The molecule has 100 valence electrons. The van der Waals surface area contributed by atoms with Gasteiger partial charge in [-0.3, -0.25) is 9.59 Å². The fraction of sp³-hybridized carbons (Fsp3) is 0.818. The lowest BCUT2D eigenvalue weighted by atomic mass is 9.96. The summed E-state index contributed by atoms with van der Waals surface area (Å²) in [7, 11) is 1.49. The second kappa shape index (κ2) is 8.03. The van der Waals surface area contributed by atoms with Crippen LogP contribution in [-0.2, 0) is 14.3 Å². The Bertz CT molecular complexity index is 252. The summed E-state index contributed by atoms with van der Waals surface area (Å²) in [5.41, 5.74) is 5.38. The van der Waals surface area contributed by atoms with Gasteiger partial charge in [-0.1, -0.05) is 13.8 Å². The van der Waals surface area contributed by atoms with Gasteiger partial charge in [0.25, 0.3) is 0 Å². The first kappa shape index (κ1) is 15.9. The van der Waals surface area contributed by atoms with E-state index in [2.05, 4.69) is 5.32 Å². The van der Waals surface area contributed by atoms with Crippen molar-refractivity contribution in [3.05, 3.63) is 0 Å². The molecule has 0 bridgehead atoms. The zero-order chi connectivity index (χ0) is 13.4. The van der Waals surface area contributed by atoms with Crippen LogP contribution in [-0.4, -0.2) is 43.3 Å². The highest BCUT2D eigenvalue weighted by Gasteiger charge is 2.22. The van der Waals surface area contributed by atoms with E-state index >= 15 is 0 Å². The topological polar surface area (TPSA) is 102 Å². The van der Waals surface area contributed by atoms with Crippen LogP contribution in [0.3, 0.4) is 0 Å². The van der Waals surface area contributed by atoms with Crippen LogP contribution >= 0.6 is 0 Å². The van der Waals surface area contributed by atoms with Crippen LogP contribution in [0.1, 0.15) is 20.3 Å². The van der Waals surface area contributed by atoms with E-state index in [0.29, 0.717) is 0 Å². The summed E-state index contributed by atoms with van der Waals surface area (Å²) in [5, 5.41) is 11.5. The van der Waals surface area contributed by atoms with Crippen molar-refractivity contribution in [3.8, 4) is 0 Å². The number of rotatable bonds is 8. The van der Waals surface area contributed by atoms with Crippen molar-refractivity contribution in [2.24, 2.45) is 17.6 Å². The van der Waals surface area contributed by atoms with Gasteiger partial charge in [-0.05, 0) is 5.92 Å². The van der Waals surface area contributed by atoms with Gasteiger partial charge in [-0.15, -0.1) is 0 Å². The van der Waals surface area contributed by atoms with Gasteiger partial charge in [0.2, 0.25) is 5.91 Å². The minimum absolute atomic E-state index is 0.0273. The first-order chi connectivity index (χ1) is 7.92. The van der Waals surface area contributed by atoms with E-state index < -0.39 is 11.9 Å². The molecular weight excluding hydrogens is 224 g/mol. The number of amides is 1. The summed E-state index contributed by atoms with van der Waals surface area (Å²) in [6, 6.07) is 0. The lowest BCUT2D eigenvalue weighted by molar-refractivity contribution is -0.143. The molecule has 4 N–H and O–H groups in total. The summed E-state index contributed by atoms with van der Waals surface area (Å²) in [4.78, 5) is 22.4. The van der Waals surface area contributed by atoms with Gasteiger partial charge in [-0.2, -0.15) is 0 Å². The molecule has 0 fully saturated rings. The van der Waals surface area contributed by atoms with E-state index in [-0.39, 0.29) is 37.4 Å². The van der Waals surface area contributed by atoms with Gasteiger partial charge in [0, 0.05) is 20.2 Å². The maximum Gasteiger partial charge on any atom is 0.308 e. The maximum absolute atomic E-state index is 11.5. The van der Waals surface area contributed by atoms with Crippen molar-refractivity contribution in [2.75, 3.05) is 20.2 Å². The molecule has 0 aliphatic rings. The molecule has 0 aliphatic carbocycles. The fourth-order valence-corrected chi connectivity index (χ4v) is 1.37. The van der Waals surface area contributed by atoms with Crippen molar-refractivity contribution in [1.29, 1.82) is 0 Å². The van der Waals surface area contributed by atoms with Crippen molar-refractivity contribution in [3.63, 3.8) is 0 Å². The number of aliphatic carboxylic acids is 1. The Kier molecular flexibility index (Phi) is 7.49. The summed E-state index contributed by atoms with van der Waals surface area (Å²) >= 11 is 0. The van der Waals surface area contributed by atoms with Crippen LogP contribution in [0.5, 0.6) is 0 Å². The average molecular weight is 246 g/mol. The molecule has 2 unspecified atom stereocenters. The van der Waals surface area contributed by atoms with Crippen molar-refractivity contribution in [2.45, 2.75) is 26.4 Å². The second-order valence-electron chi connectivity index (χ2n) is 4.29. The molecule has 0 aliphatic heterocycles. The quantitative estimate of drug-likeness (QED) is 0.551. The van der Waals surface area contributed by atoms with E-state index in [1.165, 1.54) is 7.11 Å². The molecule has 0 aromatic heterocycles. The van der Waals surface area contributed by atoms with E-state index in [4.69, 9.17) is 15.6 Å². The van der Waals surface area contributed by atoms with Gasteiger partial charge < -0.3 is 20.9 Å². The fourth-order valence-electron chi connectivity index (χ4n) is 1.37. The molecule has 0 aromatic carbocycles. The maximum atomic E-state index is 11.5. The molecule has 2 atom stereocenters. The number of hydrogen-bond acceptors (Lipinski definition) is 4. The van der Waals surface area contributed by atoms with Gasteiger partial charge >= 0.3 is 5.97 Å². The van der Waals surface area contributed by atoms with Crippen molar-refractivity contribution >= 4 is 11.9 Å². The Balaban J connectivity index is 4.09. The third-order valence-corrected chi connectivity index (χ3v) is 2.65. The minimum atomic E-state index is -0.901. The highest BCUT2D eigenvalue weighted by Crippen LogP contribution is 2.09. The first-order valence-electron chi connectivity index (χ1n) is 5.64. The standard InChI is InChI=1S/C11H22N2O4/c1-7(2)9(11(15)16)6-13-10(14)4-8(5-12)17-3/h7-9H,4-6,12H2,1-3H3,(H,13,14)(H,15,16). The number of nitrogens with one attached hydrogen (secondary N) is 1. The van der Waals surface area contributed by atoms with Crippen molar-refractivity contribution in [1.82, 2.24) is 5.32 Å². The van der Waals surface area contributed by atoms with E-state index in [9.17, 15) is 9.59 Å². The average Bonchev–Trinajstić information content (AvgIpc) is 2.25. The molecule has 0 spiro atoms. The molecule has 6 heteroatoms. The number of methoxy groups -OCH3 is 1. The number of ether oxygens (including phenoxy) is 1. The summed E-state index contributed by atoms with van der Waals surface area (Å²) in [6.45, 7) is 4.01. The number of nitrogens with two attached hydrogens (primary N) is 1. The number of carboxylic acids is 1. The molecule has 6 nitrogen and oxygen atoms in total. The van der Waals surface area contributed by atoms with E-state index in [1.54, 1.807) is 0 Å². The zero-order valence-corrected chi connectivity index (χ0v) is 10.6. The molecular formula is C11H22N2O4. The normalized spacial score (nSPS) is 14.4. The SMILES string of the molecule is COC(CN)CC(=O)NCC(C(=O)O)C(C)C. The van der Waals surface area contributed by atoms with Crippen LogP contribution in [0.2, 0.25) is 0 Å². The third-order valence-electron chi connectivity index (χ3n) is 2.65. The third kappa shape index (κ3) is 6.23. The number of carbonyl (C=O) groups is 2. The van der Waals surface area contributed by atoms with E-state index in [0.717, 1.165) is 0 Å². The molecule has 0 saturated carbocycles. The summed E-state index contributed by atoms with van der Waals surface area (Å²) in [6.07, 6.45) is -0.172. The van der Waals surface area contributed by atoms with Crippen LogP contribution in [0.15, 0.2) is 0 Å². The molecule has 0 saturated heterocycles. The predicted octanol–water partition coefficient (Wildman–Crippen LogP) is -0.177. The Morgan fingerprint density at radius 1 is 1.41 bits per heavy atom. The smallest absolute Gasteiger partial charge is 0.308 e. The molecule has 17 heavy (non-hydrogen) atoms. The largest absolute Gasteiger partial charge is 0.481 e. The van der Waals surface area contributed by atoms with Crippen molar-refractivity contribution < 1.29 is 19.4 Å². The Labute approximate surface area is 102 Å². The second-order valence-corrected chi connectivity index (χ2v) is 4.29. The highest BCUT2D eigenvalue weighted by atomic mass is 16.5. The first-order valence-corrected chi connectivity index (χ1v) is 5.64. The molecule has 0 heterocycles. The number of carboxylic acid groups (broad SMARTS) is 1. The minimum Gasteiger partial charge on any atom is -0.481 e. The van der Waals surface area contributed by atoms with Gasteiger partial charge in [0.15, 0.2) is 0 Å². The Morgan fingerprint density at radius 3 is 2.35 bits per heavy atom. The monoisotopic (exact) mass is 246 g/mol. The predicted molar refractivity (Wildman–Crippen MR) is 63.4 cm³/mol. The molecule has 0 radical (unpaired) electrons. The summed E-state index contributed by atoms with van der Waals surface area (Å²) < 4.78 is 4.97. The Hall–Kier alpha value is -1.14. The van der Waals surface area contributed by atoms with E-state index in [1.807, 2.05) is 13.8 Å². The Morgan fingerprint density at radius 2 is 2.00 bits per heavy atom. The summed E-state index contributed by atoms with van der Waals surface area (Å²) in [5.74, 6) is -1.74. The van der Waals surface area contributed by atoms with Crippen LogP contribution in [0.4, 0.5) is 0 Å². The number of carbonyl (C=O) groups excluding carboxylic acids is 1. The molecule has 0 rings (SSSR count). The number of hydrogen-bond donors (Lipinski definition) is 3. The van der Waals surface area contributed by atoms with Gasteiger partial charge in [0.1, 0.15) is 0 Å². The lowest BCUT2D eigenvalue weighted by Gasteiger charge is -2.18. The zero-order valence-electron chi connectivity index (χ0n) is 10.6. The van der Waals surface area contributed by atoms with Crippen LogP contribution < -0.4 is 11.1 Å². The van der Waals surface area contributed by atoms with Gasteiger partial charge in [0.05, 0.1) is 18.4 Å². The highest BCUT2D eigenvalue weighted by molar-refractivity contribution is 5.77. The lowest BCUT2D eigenvalue weighted by Crippen LogP contribution is -2.38. The molecule has 1 amide bonds. The van der Waals surface area contributed by atoms with Crippen LogP contribution in [0.25, 0.3) is 0 Å². The molecule has 0 aromatic rings.